The summed E-state index contributed by atoms with van der Waals surface area (Å²) in [7, 11) is 1.72. The molecule has 0 aromatic heterocycles. The van der Waals surface area contributed by atoms with E-state index < -0.39 is 0 Å². The van der Waals surface area contributed by atoms with Gasteiger partial charge < -0.3 is 15.8 Å². The Bertz CT molecular complexity index is 337. The lowest BCUT2D eigenvalue weighted by molar-refractivity contribution is 0.409. The molecular formula is C14H24N2O. The second-order valence-corrected chi connectivity index (χ2v) is 4.58. The van der Waals surface area contributed by atoms with Crippen molar-refractivity contribution in [1.29, 1.82) is 0 Å². The van der Waals surface area contributed by atoms with Gasteiger partial charge in [-0.05, 0) is 51.4 Å². The van der Waals surface area contributed by atoms with E-state index in [9.17, 15) is 0 Å². The van der Waals surface area contributed by atoms with E-state index in [1.807, 2.05) is 13.0 Å². The molecular weight excluding hydrogens is 212 g/mol. The second-order valence-electron chi connectivity index (χ2n) is 4.58. The Labute approximate surface area is 104 Å². The van der Waals surface area contributed by atoms with Gasteiger partial charge in [0.2, 0.25) is 0 Å². The fraction of sp³-hybridized carbons (Fsp3) is 0.571. The van der Waals surface area contributed by atoms with Crippen molar-refractivity contribution < 1.29 is 4.74 Å². The Kier molecular flexibility index (Phi) is 6.01. The van der Waals surface area contributed by atoms with E-state index in [-0.39, 0.29) is 6.04 Å². The number of hydrogen-bond acceptors (Lipinski definition) is 3. The van der Waals surface area contributed by atoms with Gasteiger partial charge in [0.15, 0.2) is 0 Å². The van der Waals surface area contributed by atoms with Gasteiger partial charge in [-0.1, -0.05) is 17.7 Å². The van der Waals surface area contributed by atoms with Crippen LogP contribution < -0.4 is 15.8 Å². The summed E-state index contributed by atoms with van der Waals surface area (Å²) in [5.41, 5.74) is 8.23. The van der Waals surface area contributed by atoms with Gasteiger partial charge in [-0.15, -0.1) is 0 Å². The number of nitrogens with two attached hydrogens (primary N) is 1. The van der Waals surface area contributed by atoms with Gasteiger partial charge in [-0.25, -0.2) is 0 Å². The first-order valence-electron chi connectivity index (χ1n) is 6.23. The van der Waals surface area contributed by atoms with Crippen molar-refractivity contribution in [2.45, 2.75) is 32.7 Å². The molecule has 0 radical (unpaired) electrons. The summed E-state index contributed by atoms with van der Waals surface area (Å²) in [5, 5.41) is 3.40. The SMILES string of the molecule is COc1ccc(C)cc1CCNCCC(C)N. The molecule has 3 heteroatoms. The number of aryl methyl sites for hydroxylation is 1. The van der Waals surface area contributed by atoms with Crippen LogP contribution >= 0.6 is 0 Å². The van der Waals surface area contributed by atoms with Crippen molar-refractivity contribution in [2.75, 3.05) is 20.2 Å². The maximum absolute atomic E-state index is 5.69. The van der Waals surface area contributed by atoms with E-state index in [1.54, 1.807) is 7.11 Å². The molecule has 0 aliphatic carbocycles. The first-order chi connectivity index (χ1) is 8.13. The van der Waals surface area contributed by atoms with Gasteiger partial charge in [-0.3, -0.25) is 0 Å². The summed E-state index contributed by atoms with van der Waals surface area (Å²) >= 11 is 0. The van der Waals surface area contributed by atoms with Crippen LogP contribution in [0, 0.1) is 6.92 Å². The van der Waals surface area contributed by atoms with Gasteiger partial charge in [-0.2, -0.15) is 0 Å². The van der Waals surface area contributed by atoms with Gasteiger partial charge in [0.05, 0.1) is 7.11 Å². The number of nitrogens with one attached hydrogen (secondary N) is 1. The van der Waals surface area contributed by atoms with Crippen molar-refractivity contribution in [3.05, 3.63) is 29.3 Å². The minimum Gasteiger partial charge on any atom is -0.496 e. The van der Waals surface area contributed by atoms with Crippen molar-refractivity contribution in [2.24, 2.45) is 5.73 Å². The zero-order chi connectivity index (χ0) is 12.7. The highest BCUT2D eigenvalue weighted by molar-refractivity contribution is 5.37. The summed E-state index contributed by atoms with van der Waals surface area (Å²) in [5.74, 6) is 0.976. The maximum Gasteiger partial charge on any atom is 0.122 e. The molecule has 0 aliphatic heterocycles. The van der Waals surface area contributed by atoms with Crippen LogP contribution in [0.4, 0.5) is 0 Å². The Hall–Kier alpha value is -1.06. The van der Waals surface area contributed by atoms with E-state index in [4.69, 9.17) is 10.5 Å². The second kappa shape index (κ2) is 7.30. The van der Waals surface area contributed by atoms with Crippen LogP contribution in [0.1, 0.15) is 24.5 Å². The minimum absolute atomic E-state index is 0.274. The minimum atomic E-state index is 0.274. The van der Waals surface area contributed by atoms with Crippen molar-refractivity contribution in [1.82, 2.24) is 5.32 Å². The van der Waals surface area contributed by atoms with E-state index in [0.29, 0.717) is 0 Å². The molecule has 1 rings (SSSR count). The summed E-state index contributed by atoms with van der Waals surface area (Å²) in [6, 6.07) is 6.57. The molecule has 0 saturated heterocycles. The summed E-state index contributed by atoms with van der Waals surface area (Å²) in [6.07, 6.45) is 2.01. The summed E-state index contributed by atoms with van der Waals surface area (Å²) in [6.45, 7) is 6.08. The van der Waals surface area contributed by atoms with Gasteiger partial charge in [0.1, 0.15) is 5.75 Å². The molecule has 0 heterocycles. The summed E-state index contributed by atoms with van der Waals surface area (Å²) in [4.78, 5) is 0. The molecule has 1 aromatic rings. The molecule has 0 spiro atoms. The fourth-order valence-corrected chi connectivity index (χ4v) is 1.78. The Morgan fingerprint density at radius 1 is 1.35 bits per heavy atom. The molecule has 1 atom stereocenters. The van der Waals surface area contributed by atoms with E-state index in [1.165, 1.54) is 11.1 Å². The quantitative estimate of drug-likeness (QED) is 0.711. The molecule has 0 amide bonds. The highest BCUT2D eigenvalue weighted by atomic mass is 16.5. The third-order valence-corrected chi connectivity index (χ3v) is 2.78. The zero-order valence-electron chi connectivity index (χ0n) is 11.1. The lowest BCUT2D eigenvalue weighted by Gasteiger charge is -2.11. The number of rotatable bonds is 7. The zero-order valence-corrected chi connectivity index (χ0v) is 11.1. The Morgan fingerprint density at radius 2 is 2.12 bits per heavy atom. The number of benzene rings is 1. The van der Waals surface area contributed by atoms with Crippen molar-refractivity contribution in [3.63, 3.8) is 0 Å². The van der Waals surface area contributed by atoms with Crippen LogP contribution in [0.25, 0.3) is 0 Å². The van der Waals surface area contributed by atoms with Crippen LogP contribution in [0.3, 0.4) is 0 Å². The summed E-state index contributed by atoms with van der Waals surface area (Å²) < 4.78 is 5.35. The monoisotopic (exact) mass is 236 g/mol. The maximum atomic E-state index is 5.69. The Balaban J connectivity index is 2.37. The van der Waals surface area contributed by atoms with Crippen molar-refractivity contribution >= 4 is 0 Å². The largest absolute Gasteiger partial charge is 0.496 e. The molecule has 0 saturated carbocycles. The molecule has 17 heavy (non-hydrogen) atoms. The number of hydrogen-bond donors (Lipinski definition) is 2. The van der Waals surface area contributed by atoms with E-state index in [2.05, 4.69) is 24.4 Å². The van der Waals surface area contributed by atoms with Crippen LogP contribution in [-0.4, -0.2) is 26.2 Å². The number of ether oxygens (including phenoxy) is 1. The predicted molar refractivity (Wildman–Crippen MR) is 72.6 cm³/mol. The lowest BCUT2D eigenvalue weighted by Crippen LogP contribution is -2.25. The topological polar surface area (TPSA) is 47.3 Å². The number of methoxy groups -OCH3 is 1. The van der Waals surface area contributed by atoms with E-state index >= 15 is 0 Å². The molecule has 3 nitrogen and oxygen atoms in total. The normalized spacial score (nSPS) is 12.5. The standard InChI is InChI=1S/C14H24N2O/c1-11-4-5-14(17-3)13(10-11)7-9-16-8-6-12(2)15/h4-5,10,12,16H,6-9,15H2,1-3H3. The van der Waals surface area contributed by atoms with Crippen LogP contribution in [0.2, 0.25) is 0 Å². The third-order valence-electron chi connectivity index (χ3n) is 2.78. The smallest absolute Gasteiger partial charge is 0.122 e. The highest BCUT2D eigenvalue weighted by Gasteiger charge is 2.02. The van der Waals surface area contributed by atoms with Gasteiger partial charge in [0, 0.05) is 6.04 Å². The molecule has 0 bridgehead atoms. The van der Waals surface area contributed by atoms with Crippen molar-refractivity contribution in [3.8, 4) is 5.75 Å². The van der Waals surface area contributed by atoms with Gasteiger partial charge >= 0.3 is 0 Å². The fourth-order valence-electron chi connectivity index (χ4n) is 1.78. The van der Waals surface area contributed by atoms with E-state index in [0.717, 1.165) is 31.7 Å². The van der Waals surface area contributed by atoms with Crippen LogP contribution in [0.5, 0.6) is 5.75 Å². The average molecular weight is 236 g/mol. The molecule has 96 valence electrons. The van der Waals surface area contributed by atoms with Crippen LogP contribution in [-0.2, 0) is 6.42 Å². The first kappa shape index (κ1) is 14.0. The van der Waals surface area contributed by atoms with Gasteiger partial charge in [0.25, 0.3) is 0 Å². The lowest BCUT2D eigenvalue weighted by atomic mass is 10.1. The molecule has 3 N–H and O–H groups in total. The Morgan fingerprint density at radius 3 is 2.76 bits per heavy atom. The first-order valence-corrected chi connectivity index (χ1v) is 6.23. The highest BCUT2D eigenvalue weighted by Crippen LogP contribution is 2.19. The average Bonchev–Trinajstić information content (AvgIpc) is 2.28. The predicted octanol–water partition coefficient (Wildman–Crippen LogP) is 1.87. The molecule has 1 unspecified atom stereocenters. The molecule has 0 fully saturated rings. The molecule has 0 aliphatic rings. The third kappa shape index (κ3) is 5.20. The molecule has 1 aromatic carbocycles. The van der Waals surface area contributed by atoms with Crippen LogP contribution in [0.15, 0.2) is 18.2 Å².